The first kappa shape index (κ1) is 19.9. The molecule has 1 N–H and O–H groups in total. The highest BCUT2D eigenvalue weighted by Gasteiger charge is 2.35. The van der Waals surface area contributed by atoms with Crippen LogP contribution in [0.3, 0.4) is 0 Å². The molecule has 27 heavy (non-hydrogen) atoms. The topological polar surface area (TPSA) is 101 Å². The van der Waals surface area contributed by atoms with Crippen LogP contribution in [0.15, 0.2) is 35.2 Å². The molecule has 144 valence electrons. The van der Waals surface area contributed by atoms with Gasteiger partial charge in [-0.2, -0.15) is 0 Å². The number of thioether (sulfide) groups is 1. The third-order valence-corrected chi connectivity index (χ3v) is 6.79. The van der Waals surface area contributed by atoms with Gasteiger partial charge in [0, 0.05) is 10.8 Å². The number of carbonyl (C=O) groups excluding carboxylic acids is 1. The van der Waals surface area contributed by atoms with Crippen molar-refractivity contribution < 1.29 is 17.9 Å². The van der Waals surface area contributed by atoms with Gasteiger partial charge in [-0.1, -0.05) is 40.8 Å². The van der Waals surface area contributed by atoms with Gasteiger partial charge >= 0.3 is 0 Å². The van der Waals surface area contributed by atoms with E-state index in [-0.39, 0.29) is 12.3 Å². The smallest absolute Gasteiger partial charge is 0.269 e. The number of fused-ring (bicyclic) bond motifs is 1. The first-order valence-corrected chi connectivity index (χ1v) is 11.6. The predicted molar refractivity (Wildman–Crippen MR) is 108 cm³/mol. The summed E-state index contributed by atoms with van der Waals surface area (Å²) >= 11 is 8.62. The second-order valence-corrected chi connectivity index (χ2v) is 10.1. The average molecular weight is 447 g/mol. The zero-order valence-electron chi connectivity index (χ0n) is 14.1. The summed E-state index contributed by atoms with van der Waals surface area (Å²) < 4.78 is 31.8. The van der Waals surface area contributed by atoms with Crippen molar-refractivity contribution in [3.05, 3.63) is 35.9 Å². The van der Waals surface area contributed by atoms with Crippen molar-refractivity contribution in [2.75, 3.05) is 28.2 Å². The SMILES string of the molecule is C=CCSc1nnc(NC(=O)[C@H]2CN(S(C)(=O)=O)c3cc(Cl)ccc3O2)s1. The van der Waals surface area contributed by atoms with Gasteiger partial charge in [-0.15, -0.1) is 16.8 Å². The van der Waals surface area contributed by atoms with E-state index in [1.807, 2.05) is 0 Å². The lowest BCUT2D eigenvalue weighted by molar-refractivity contribution is -0.122. The predicted octanol–water partition coefficient (Wildman–Crippen LogP) is 2.64. The van der Waals surface area contributed by atoms with Crippen molar-refractivity contribution >= 4 is 61.4 Å². The van der Waals surface area contributed by atoms with Crippen LogP contribution in [0.4, 0.5) is 10.8 Å². The van der Waals surface area contributed by atoms with Crippen molar-refractivity contribution in [1.82, 2.24) is 10.2 Å². The Kier molecular flexibility index (Phi) is 5.94. The van der Waals surface area contributed by atoms with Crippen LogP contribution in [-0.2, 0) is 14.8 Å². The van der Waals surface area contributed by atoms with Crippen molar-refractivity contribution in [3.63, 3.8) is 0 Å². The summed E-state index contributed by atoms with van der Waals surface area (Å²) in [4.78, 5) is 12.6. The second kappa shape index (κ2) is 8.05. The molecule has 1 aromatic heterocycles. The lowest BCUT2D eigenvalue weighted by Gasteiger charge is -2.33. The van der Waals surface area contributed by atoms with Gasteiger partial charge in [0.05, 0.1) is 18.5 Å². The summed E-state index contributed by atoms with van der Waals surface area (Å²) in [6, 6.07) is 4.58. The van der Waals surface area contributed by atoms with E-state index in [1.165, 1.54) is 35.2 Å². The number of carbonyl (C=O) groups is 1. The Bertz CT molecular complexity index is 979. The normalized spacial score (nSPS) is 16.4. The molecule has 0 aliphatic carbocycles. The third-order valence-electron chi connectivity index (χ3n) is 3.44. The van der Waals surface area contributed by atoms with Crippen LogP contribution < -0.4 is 14.4 Å². The number of aromatic nitrogens is 2. The van der Waals surface area contributed by atoms with Crippen LogP contribution in [0.1, 0.15) is 0 Å². The van der Waals surface area contributed by atoms with Crippen molar-refractivity contribution in [3.8, 4) is 5.75 Å². The highest BCUT2D eigenvalue weighted by Crippen LogP contribution is 2.37. The Morgan fingerprint density at radius 2 is 2.33 bits per heavy atom. The molecule has 0 fully saturated rings. The zero-order chi connectivity index (χ0) is 19.6. The molecule has 1 aliphatic rings. The van der Waals surface area contributed by atoms with E-state index in [2.05, 4.69) is 22.1 Å². The maximum absolute atomic E-state index is 12.6. The van der Waals surface area contributed by atoms with Crippen LogP contribution in [0, 0.1) is 0 Å². The fraction of sp³-hybridized carbons (Fsp3) is 0.267. The molecule has 0 bridgehead atoms. The Morgan fingerprint density at radius 1 is 1.56 bits per heavy atom. The van der Waals surface area contributed by atoms with Gasteiger partial charge in [0.25, 0.3) is 5.91 Å². The van der Waals surface area contributed by atoms with Crippen molar-refractivity contribution in [2.45, 2.75) is 10.4 Å². The molecule has 1 atom stereocenters. The van der Waals surface area contributed by atoms with Crippen LogP contribution in [0.2, 0.25) is 5.02 Å². The van der Waals surface area contributed by atoms with Crippen LogP contribution in [-0.4, -0.2) is 49.2 Å². The molecule has 0 unspecified atom stereocenters. The van der Waals surface area contributed by atoms with E-state index < -0.39 is 22.0 Å². The molecule has 8 nitrogen and oxygen atoms in total. The highest BCUT2D eigenvalue weighted by molar-refractivity contribution is 8.01. The number of sulfonamides is 1. The largest absolute Gasteiger partial charge is 0.476 e. The Hall–Kier alpha value is -1.82. The molecule has 1 amide bonds. The first-order chi connectivity index (χ1) is 12.8. The van der Waals surface area contributed by atoms with Crippen LogP contribution >= 0.6 is 34.7 Å². The quantitative estimate of drug-likeness (QED) is 0.413. The number of hydrogen-bond acceptors (Lipinski definition) is 8. The number of ether oxygens (including phenoxy) is 1. The van der Waals surface area contributed by atoms with Crippen molar-refractivity contribution in [2.24, 2.45) is 0 Å². The molecule has 2 aromatic rings. The Labute approximate surface area is 169 Å². The molecular formula is C15H15ClN4O4S3. The van der Waals surface area contributed by atoms with Crippen molar-refractivity contribution in [1.29, 1.82) is 0 Å². The minimum absolute atomic E-state index is 0.172. The van der Waals surface area contributed by atoms with Gasteiger partial charge in [-0.25, -0.2) is 8.42 Å². The maximum atomic E-state index is 12.6. The fourth-order valence-electron chi connectivity index (χ4n) is 2.31. The number of anilines is 2. The minimum Gasteiger partial charge on any atom is -0.476 e. The number of benzene rings is 1. The average Bonchev–Trinajstić information content (AvgIpc) is 3.05. The van der Waals surface area contributed by atoms with E-state index in [9.17, 15) is 13.2 Å². The molecule has 2 heterocycles. The molecule has 3 rings (SSSR count). The molecule has 0 saturated carbocycles. The summed E-state index contributed by atoms with van der Waals surface area (Å²) in [5.41, 5.74) is 0.299. The van der Waals surface area contributed by atoms with Gasteiger partial charge in [-0.3, -0.25) is 14.4 Å². The number of nitrogens with one attached hydrogen (secondary N) is 1. The minimum atomic E-state index is -3.62. The van der Waals surface area contributed by atoms with Crippen LogP contribution in [0.25, 0.3) is 0 Å². The van der Waals surface area contributed by atoms with Gasteiger partial charge < -0.3 is 4.74 Å². The summed E-state index contributed by atoms with van der Waals surface area (Å²) in [5, 5.41) is 11.2. The third kappa shape index (κ3) is 4.72. The lowest BCUT2D eigenvalue weighted by atomic mass is 10.2. The second-order valence-electron chi connectivity index (χ2n) is 5.47. The molecule has 0 radical (unpaired) electrons. The van der Waals surface area contributed by atoms with E-state index in [0.29, 0.717) is 25.9 Å². The maximum Gasteiger partial charge on any atom is 0.269 e. The van der Waals surface area contributed by atoms with Gasteiger partial charge in [-0.05, 0) is 18.2 Å². The number of hydrogen-bond donors (Lipinski definition) is 1. The zero-order valence-corrected chi connectivity index (χ0v) is 17.3. The Morgan fingerprint density at radius 3 is 3.04 bits per heavy atom. The van der Waals surface area contributed by atoms with Gasteiger partial charge in [0.15, 0.2) is 10.4 Å². The summed E-state index contributed by atoms with van der Waals surface area (Å²) in [5.74, 6) is 0.424. The van der Waals surface area contributed by atoms with Gasteiger partial charge in [0.2, 0.25) is 15.2 Å². The van der Waals surface area contributed by atoms with E-state index >= 15 is 0 Å². The molecule has 12 heteroatoms. The van der Waals surface area contributed by atoms with E-state index in [0.717, 1.165) is 10.6 Å². The fourth-order valence-corrected chi connectivity index (χ4v) is 4.90. The molecule has 0 spiro atoms. The summed E-state index contributed by atoms with van der Waals surface area (Å²) in [6.07, 6.45) is 1.76. The highest BCUT2D eigenvalue weighted by atomic mass is 35.5. The molecule has 0 saturated heterocycles. The lowest BCUT2D eigenvalue weighted by Crippen LogP contribution is -2.48. The number of halogens is 1. The standard InChI is InChI=1S/C15H15ClN4O4S3/c1-3-6-25-15-19-18-14(26-15)17-13(21)12-8-20(27(2,22)23)10-7-9(16)4-5-11(10)24-12/h3-5,7,12H,1,6,8H2,2H3,(H,17,18,21)/t12-/m1/s1. The molecule has 1 aliphatic heterocycles. The number of rotatable bonds is 6. The summed E-state index contributed by atoms with van der Waals surface area (Å²) in [7, 11) is -3.62. The monoisotopic (exact) mass is 446 g/mol. The van der Waals surface area contributed by atoms with E-state index in [1.54, 1.807) is 12.1 Å². The number of nitrogens with zero attached hydrogens (tertiary/aromatic N) is 3. The first-order valence-electron chi connectivity index (χ1n) is 7.60. The van der Waals surface area contributed by atoms with E-state index in [4.69, 9.17) is 16.3 Å². The summed E-state index contributed by atoms with van der Waals surface area (Å²) in [6.45, 7) is 3.46. The molecule has 1 aromatic carbocycles. The van der Waals surface area contributed by atoms with Crippen LogP contribution in [0.5, 0.6) is 5.75 Å². The molecular weight excluding hydrogens is 432 g/mol. The van der Waals surface area contributed by atoms with Gasteiger partial charge in [0.1, 0.15) is 5.75 Å². The Balaban J connectivity index is 1.78. The number of amides is 1.